The van der Waals surface area contributed by atoms with Crippen LogP contribution in [0.1, 0.15) is 18.4 Å². The predicted molar refractivity (Wildman–Crippen MR) is 60.3 cm³/mol. The molecule has 0 radical (unpaired) electrons. The average molecular weight is 268 g/mol. The van der Waals surface area contributed by atoms with Crippen molar-refractivity contribution in [2.24, 2.45) is 5.73 Å². The van der Waals surface area contributed by atoms with E-state index in [1.165, 1.54) is 12.1 Å². The monoisotopic (exact) mass is 267 g/mol. The molecule has 0 aliphatic heterocycles. The fraction of sp³-hybridized carbons (Fsp3) is 0.455. The maximum absolute atomic E-state index is 12.4. The van der Waals surface area contributed by atoms with E-state index in [-0.39, 0.29) is 30.3 Å². The van der Waals surface area contributed by atoms with Gasteiger partial charge in [0.2, 0.25) is 0 Å². The van der Waals surface area contributed by atoms with Crippen molar-refractivity contribution in [3.8, 4) is 5.75 Å². The number of benzene rings is 1. The molecule has 0 atom stereocenters. The highest BCUT2D eigenvalue weighted by molar-refractivity contribution is 5.85. The lowest BCUT2D eigenvalue weighted by Crippen LogP contribution is -2.43. The van der Waals surface area contributed by atoms with Crippen LogP contribution in [-0.2, 0) is 6.18 Å². The summed E-state index contributed by atoms with van der Waals surface area (Å²) in [6.07, 6.45) is -2.96. The molecule has 2 N–H and O–H groups in total. The minimum Gasteiger partial charge on any atom is -0.490 e. The highest BCUT2D eigenvalue weighted by Crippen LogP contribution is 2.32. The van der Waals surface area contributed by atoms with Crippen molar-refractivity contribution in [3.63, 3.8) is 0 Å². The summed E-state index contributed by atoms with van der Waals surface area (Å²) in [6.45, 7) is 0. The van der Waals surface area contributed by atoms with Crippen LogP contribution in [0.5, 0.6) is 5.75 Å². The molecule has 1 aliphatic rings. The molecule has 0 saturated heterocycles. The highest BCUT2D eigenvalue weighted by Gasteiger charge is 2.32. The Morgan fingerprint density at radius 2 is 1.88 bits per heavy atom. The van der Waals surface area contributed by atoms with E-state index in [0.717, 1.165) is 12.1 Å². The summed E-state index contributed by atoms with van der Waals surface area (Å²) in [4.78, 5) is 0. The summed E-state index contributed by atoms with van der Waals surface area (Å²) in [5, 5.41) is 0. The third-order valence-electron chi connectivity index (χ3n) is 2.60. The Labute approximate surface area is 103 Å². The summed E-state index contributed by atoms with van der Waals surface area (Å²) in [6, 6.07) is 5.04. The minimum atomic E-state index is -4.32. The fourth-order valence-electron chi connectivity index (χ4n) is 1.64. The zero-order valence-electron chi connectivity index (χ0n) is 8.91. The molecule has 1 aliphatic carbocycles. The van der Waals surface area contributed by atoms with Gasteiger partial charge in [-0.15, -0.1) is 12.4 Å². The summed E-state index contributed by atoms with van der Waals surface area (Å²) in [5.41, 5.74) is 4.88. The average Bonchev–Trinajstić information content (AvgIpc) is 2.14. The molecule has 0 unspecified atom stereocenters. The molecule has 6 heteroatoms. The molecule has 0 bridgehead atoms. The Morgan fingerprint density at radius 3 is 2.41 bits per heavy atom. The van der Waals surface area contributed by atoms with Crippen molar-refractivity contribution in [2.75, 3.05) is 0 Å². The van der Waals surface area contributed by atoms with Gasteiger partial charge in [-0.25, -0.2) is 0 Å². The third kappa shape index (κ3) is 3.51. The molecule has 96 valence electrons. The molecule has 17 heavy (non-hydrogen) atoms. The molecule has 0 aromatic heterocycles. The van der Waals surface area contributed by atoms with E-state index in [2.05, 4.69) is 0 Å². The lowest BCUT2D eigenvalue weighted by atomic mass is 9.90. The number of nitrogens with two attached hydrogens (primary N) is 1. The van der Waals surface area contributed by atoms with Crippen molar-refractivity contribution in [1.29, 1.82) is 0 Å². The summed E-state index contributed by atoms with van der Waals surface area (Å²) in [5.74, 6) is 0.256. The molecule has 1 aromatic rings. The van der Waals surface area contributed by atoms with Crippen molar-refractivity contribution in [1.82, 2.24) is 0 Å². The Hall–Kier alpha value is -0.940. The first kappa shape index (κ1) is 14.1. The molecule has 1 saturated carbocycles. The van der Waals surface area contributed by atoms with Gasteiger partial charge in [0, 0.05) is 6.04 Å². The van der Waals surface area contributed by atoms with Gasteiger partial charge in [0.05, 0.1) is 5.56 Å². The minimum absolute atomic E-state index is 0. The first-order valence-corrected chi connectivity index (χ1v) is 5.04. The second-order valence-electron chi connectivity index (χ2n) is 4.00. The van der Waals surface area contributed by atoms with E-state index in [9.17, 15) is 13.2 Å². The molecular weight excluding hydrogens is 255 g/mol. The largest absolute Gasteiger partial charge is 0.490 e. The summed E-state index contributed by atoms with van der Waals surface area (Å²) in [7, 11) is 0. The van der Waals surface area contributed by atoms with Crippen molar-refractivity contribution in [2.45, 2.75) is 31.2 Å². The van der Waals surface area contributed by atoms with Gasteiger partial charge in [-0.1, -0.05) is 6.07 Å². The second-order valence-corrected chi connectivity index (χ2v) is 4.00. The van der Waals surface area contributed by atoms with Crippen LogP contribution >= 0.6 is 12.4 Å². The van der Waals surface area contributed by atoms with Gasteiger partial charge in [-0.2, -0.15) is 13.2 Å². The van der Waals surface area contributed by atoms with Gasteiger partial charge >= 0.3 is 6.18 Å². The van der Waals surface area contributed by atoms with E-state index in [4.69, 9.17) is 10.5 Å². The molecule has 2 nitrogen and oxygen atoms in total. The Morgan fingerprint density at radius 1 is 1.24 bits per heavy atom. The number of hydrogen-bond acceptors (Lipinski definition) is 2. The number of rotatable bonds is 2. The zero-order chi connectivity index (χ0) is 11.8. The Balaban J connectivity index is 0.00000144. The van der Waals surface area contributed by atoms with Crippen LogP contribution in [0.4, 0.5) is 13.2 Å². The molecule has 0 amide bonds. The highest BCUT2D eigenvalue weighted by atomic mass is 35.5. The van der Waals surface area contributed by atoms with Crippen molar-refractivity contribution < 1.29 is 17.9 Å². The summed E-state index contributed by atoms with van der Waals surface area (Å²) < 4.78 is 42.5. The topological polar surface area (TPSA) is 35.2 Å². The third-order valence-corrected chi connectivity index (χ3v) is 2.60. The zero-order valence-corrected chi connectivity index (χ0v) is 9.72. The number of alkyl halides is 3. The van der Waals surface area contributed by atoms with Gasteiger partial charge in [0.15, 0.2) is 0 Å². The van der Waals surface area contributed by atoms with Gasteiger partial charge in [0.1, 0.15) is 11.9 Å². The van der Waals surface area contributed by atoms with E-state index in [1.54, 1.807) is 0 Å². The van der Waals surface area contributed by atoms with Crippen LogP contribution < -0.4 is 10.5 Å². The van der Waals surface area contributed by atoms with Crippen molar-refractivity contribution >= 4 is 12.4 Å². The van der Waals surface area contributed by atoms with Crippen LogP contribution in [0.15, 0.2) is 24.3 Å². The second kappa shape index (κ2) is 5.14. The van der Waals surface area contributed by atoms with Gasteiger partial charge in [-0.05, 0) is 31.0 Å². The van der Waals surface area contributed by atoms with E-state index < -0.39 is 11.7 Å². The first-order valence-electron chi connectivity index (χ1n) is 5.04. The van der Waals surface area contributed by atoms with E-state index >= 15 is 0 Å². The maximum atomic E-state index is 12.4. The fourth-order valence-corrected chi connectivity index (χ4v) is 1.64. The van der Waals surface area contributed by atoms with Gasteiger partial charge in [-0.3, -0.25) is 0 Å². The SMILES string of the molecule is Cl.NC1CC(Oc2cccc(C(F)(F)F)c2)C1. The van der Waals surface area contributed by atoms with Crippen molar-refractivity contribution in [3.05, 3.63) is 29.8 Å². The van der Waals surface area contributed by atoms with Crippen LogP contribution in [0.2, 0.25) is 0 Å². The summed E-state index contributed by atoms with van der Waals surface area (Å²) >= 11 is 0. The molecule has 1 fully saturated rings. The predicted octanol–water partition coefficient (Wildman–Crippen LogP) is 3.00. The maximum Gasteiger partial charge on any atom is 0.416 e. The van der Waals surface area contributed by atoms with Gasteiger partial charge < -0.3 is 10.5 Å². The van der Waals surface area contributed by atoms with Crippen LogP contribution in [0.25, 0.3) is 0 Å². The lowest BCUT2D eigenvalue weighted by Gasteiger charge is -2.32. The first-order chi connectivity index (χ1) is 7.45. The molecule has 0 heterocycles. The van der Waals surface area contributed by atoms with Gasteiger partial charge in [0.25, 0.3) is 0 Å². The Bertz CT molecular complexity index is 377. The number of halogens is 4. The Kier molecular flexibility index (Phi) is 4.27. The standard InChI is InChI=1S/C11H12F3NO.ClH/c12-11(13,14)7-2-1-3-9(4-7)16-10-5-8(15)6-10;/h1-4,8,10H,5-6,15H2;1H. The van der Waals surface area contributed by atoms with E-state index in [1.807, 2.05) is 0 Å². The lowest BCUT2D eigenvalue weighted by molar-refractivity contribution is -0.137. The molecule has 1 aromatic carbocycles. The number of ether oxygens (including phenoxy) is 1. The quantitative estimate of drug-likeness (QED) is 0.894. The molecular formula is C11H13ClF3NO. The molecule has 2 rings (SSSR count). The van der Waals surface area contributed by atoms with Crippen LogP contribution in [0.3, 0.4) is 0 Å². The number of hydrogen-bond donors (Lipinski definition) is 1. The smallest absolute Gasteiger partial charge is 0.416 e. The normalized spacial score (nSPS) is 23.5. The van der Waals surface area contributed by atoms with Crippen LogP contribution in [0, 0.1) is 0 Å². The van der Waals surface area contributed by atoms with E-state index in [0.29, 0.717) is 12.8 Å². The van der Waals surface area contributed by atoms with Crippen LogP contribution in [-0.4, -0.2) is 12.1 Å². The molecule has 0 spiro atoms.